The van der Waals surface area contributed by atoms with Crippen LogP contribution >= 0.6 is 0 Å². The molecule has 0 heterocycles. The molecule has 0 spiro atoms. The minimum absolute atomic E-state index is 0.597. The van der Waals surface area contributed by atoms with Crippen LogP contribution in [0, 0.1) is 5.92 Å². The standard InChI is InChI=1S/C16H36O5Si/c1-6-16(2)15-20-12-11-18-8-7-17-9-10-19-13-14-21-22(3,4)5/h16H,6-15H2,1-5H3. The first-order valence-electron chi connectivity index (χ1n) is 8.40. The Balaban J connectivity index is 3.06. The lowest BCUT2D eigenvalue weighted by molar-refractivity contribution is -0.00789. The van der Waals surface area contributed by atoms with Gasteiger partial charge in [0.1, 0.15) is 0 Å². The van der Waals surface area contributed by atoms with Crippen LogP contribution in [0.25, 0.3) is 0 Å². The summed E-state index contributed by atoms with van der Waals surface area (Å²) in [5.74, 6) is 0.625. The Morgan fingerprint density at radius 2 is 1.09 bits per heavy atom. The van der Waals surface area contributed by atoms with Gasteiger partial charge in [0.15, 0.2) is 8.32 Å². The molecule has 0 N–H and O–H groups in total. The van der Waals surface area contributed by atoms with Crippen LogP contribution in [-0.4, -0.2) is 67.8 Å². The van der Waals surface area contributed by atoms with Crippen molar-refractivity contribution in [2.45, 2.75) is 39.9 Å². The molecule has 0 saturated carbocycles. The molecule has 0 aliphatic heterocycles. The lowest BCUT2D eigenvalue weighted by Crippen LogP contribution is -2.27. The van der Waals surface area contributed by atoms with Crippen LogP contribution in [0.4, 0.5) is 0 Å². The largest absolute Gasteiger partial charge is 0.415 e. The SMILES string of the molecule is CCC(C)COCCOCCOCCOCCO[Si](C)(C)C. The normalized spacial score (nSPS) is 13.5. The maximum atomic E-state index is 5.68. The number of ether oxygens (including phenoxy) is 4. The van der Waals surface area contributed by atoms with Crippen LogP contribution in [-0.2, 0) is 23.4 Å². The second-order valence-corrected chi connectivity index (χ2v) is 10.9. The fourth-order valence-corrected chi connectivity index (χ4v) is 2.16. The van der Waals surface area contributed by atoms with Crippen molar-refractivity contribution in [3.63, 3.8) is 0 Å². The van der Waals surface area contributed by atoms with Crippen LogP contribution in [0.15, 0.2) is 0 Å². The van der Waals surface area contributed by atoms with Crippen LogP contribution in [0.2, 0.25) is 19.6 Å². The summed E-state index contributed by atoms with van der Waals surface area (Å²) in [6.45, 7) is 16.7. The summed E-state index contributed by atoms with van der Waals surface area (Å²) >= 11 is 0. The van der Waals surface area contributed by atoms with Crippen LogP contribution < -0.4 is 0 Å². The van der Waals surface area contributed by atoms with E-state index in [9.17, 15) is 0 Å². The van der Waals surface area contributed by atoms with Crippen LogP contribution in [0.3, 0.4) is 0 Å². The molecule has 0 saturated heterocycles. The minimum atomic E-state index is -1.40. The highest BCUT2D eigenvalue weighted by atomic mass is 28.4. The van der Waals surface area contributed by atoms with Gasteiger partial charge in [-0.2, -0.15) is 0 Å². The lowest BCUT2D eigenvalue weighted by atomic mass is 10.1. The topological polar surface area (TPSA) is 46.2 Å². The van der Waals surface area contributed by atoms with E-state index in [2.05, 4.69) is 33.5 Å². The molecule has 0 bridgehead atoms. The lowest BCUT2D eigenvalue weighted by Gasteiger charge is -2.16. The average molecular weight is 337 g/mol. The summed E-state index contributed by atoms with van der Waals surface area (Å²) in [7, 11) is -1.40. The Morgan fingerprint density at radius 3 is 1.50 bits per heavy atom. The Bertz CT molecular complexity index is 233. The molecule has 6 heteroatoms. The van der Waals surface area contributed by atoms with E-state index in [4.69, 9.17) is 23.4 Å². The van der Waals surface area contributed by atoms with Gasteiger partial charge in [0, 0.05) is 6.61 Å². The van der Waals surface area contributed by atoms with Crippen molar-refractivity contribution >= 4 is 8.32 Å². The second-order valence-electron chi connectivity index (χ2n) is 6.39. The highest BCUT2D eigenvalue weighted by Gasteiger charge is 2.12. The molecule has 0 fully saturated rings. The van der Waals surface area contributed by atoms with Crippen LogP contribution in [0.1, 0.15) is 20.3 Å². The Morgan fingerprint density at radius 1 is 0.682 bits per heavy atom. The third-order valence-corrected chi connectivity index (χ3v) is 4.05. The van der Waals surface area contributed by atoms with Gasteiger partial charge in [0.05, 0.1) is 52.9 Å². The molecule has 0 rings (SSSR count). The predicted octanol–water partition coefficient (Wildman–Crippen LogP) is 2.95. The second kappa shape index (κ2) is 14.6. The van der Waals surface area contributed by atoms with E-state index in [0.717, 1.165) is 13.0 Å². The summed E-state index contributed by atoms with van der Waals surface area (Å²) < 4.78 is 27.5. The summed E-state index contributed by atoms with van der Waals surface area (Å²) in [6, 6.07) is 0. The summed E-state index contributed by atoms with van der Waals surface area (Å²) in [4.78, 5) is 0. The van der Waals surface area contributed by atoms with E-state index in [1.165, 1.54) is 0 Å². The zero-order chi connectivity index (χ0) is 16.7. The van der Waals surface area contributed by atoms with Crippen molar-refractivity contribution in [1.82, 2.24) is 0 Å². The van der Waals surface area contributed by atoms with Gasteiger partial charge in [-0.05, 0) is 25.6 Å². The van der Waals surface area contributed by atoms with E-state index >= 15 is 0 Å². The minimum Gasteiger partial charge on any atom is -0.415 e. The summed E-state index contributed by atoms with van der Waals surface area (Å²) in [5, 5.41) is 0. The fourth-order valence-electron chi connectivity index (χ4n) is 1.47. The monoisotopic (exact) mass is 336 g/mol. The van der Waals surface area contributed by atoms with Crippen molar-refractivity contribution in [2.24, 2.45) is 5.92 Å². The van der Waals surface area contributed by atoms with E-state index in [0.29, 0.717) is 58.8 Å². The molecule has 0 amide bonds. The maximum absolute atomic E-state index is 5.68. The van der Waals surface area contributed by atoms with Gasteiger partial charge >= 0.3 is 0 Å². The molecule has 5 nitrogen and oxygen atoms in total. The Hall–Kier alpha value is 0.0169. The third kappa shape index (κ3) is 18.1. The Labute approximate surface area is 137 Å². The number of hydrogen-bond acceptors (Lipinski definition) is 5. The molecule has 0 aliphatic rings. The molecule has 0 aromatic carbocycles. The Kier molecular flexibility index (Phi) is 14.6. The fraction of sp³-hybridized carbons (Fsp3) is 1.00. The highest BCUT2D eigenvalue weighted by Crippen LogP contribution is 2.01. The number of hydrogen-bond donors (Lipinski definition) is 0. The van der Waals surface area contributed by atoms with Crippen molar-refractivity contribution < 1.29 is 23.4 Å². The number of rotatable bonds is 16. The zero-order valence-corrected chi connectivity index (χ0v) is 16.2. The van der Waals surface area contributed by atoms with Crippen molar-refractivity contribution in [3.05, 3.63) is 0 Å². The molecule has 0 radical (unpaired) electrons. The van der Waals surface area contributed by atoms with Crippen molar-refractivity contribution in [2.75, 3.05) is 59.5 Å². The van der Waals surface area contributed by atoms with E-state index in [-0.39, 0.29) is 0 Å². The van der Waals surface area contributed by atoms with Gasteiger partial charge in [-0.1, -0.05) is 20.3 Å². The molecule has 1 unspecified atom stereocenters. The summed E-state index contributed by atoms with van der Waals surface area (Å²) in [6.07, 6.45) is 1.15. The first-order chi connectivity index (χ1) is 10.5. The van der Waals surface area contributed by atoms with E-state index < -0.39 is 8.32 Å². The molecule has 1 atom stereocenters. The zero-order valence-electron chi connectivity index (χ0n) is 15.2. The van der Waals surface area contributed by atoms with Gasteiger partial charge < -0.3 is 23.4 Å². The van der Waals surface area contributed by atoms with Gasteiger partial charge in [-0.25, -0.2) is 0 Å². The van der Waals surface area contributed by atoms with Crippen molar-refractivity contribution in [3.8, 4) is 0 Å². The molecule has 22 heavy (non-hydrogen) atoms. The first-order valence-corrected chi connectivity index (χ1v) is 11.8. The van der Waals surface area contributed by atoms with E-state index in [1.54, 1.807) is 0 Å². The van der Waals surface area contributed by atoms with Gasteiger partial charge in [0.2, 0.25) is 0 Å². The average Bonchev–Trinajstić information content (AvgIpc) is 2.46. The van der Waals surface area contributed by atoms with Gasteiger partial charge in [-0.3, -0.25) is 0 Å². The van der Waals surface area contributed by atoms with Crippen molar-refractivity contribution in [1.29, 1.82) is 0 Å². The third-order valence-electron chi connectivity index (χ3n) is 2.98. The van der Waals surface area contributed by atoms with Crippen LogP contribution in [0.5, 0.6) is 0 Å². The molecule has 0 aromatic heterocycles. The van der Waals surface area contributed by atoms with Gasteiger partial charge in [0.25, 0.3) is 0 Å². The molecule has 0 aliphatic carbocycles. The molecule has 0 aromatic rings. The van der Waals surface area contributed by atoms with E-state index in [1.807, 2.05) is 0 Å². The predicted molar refractivity (Wildman–Crippen MR) is 92.0 cm³/mol. The first kappa shape index (κ1) is 22.0. The molecule has 134 valence electrons. The van der Waals surface area contributed by atoms with Gasteiger partial charge in [-0.15, -0.1) is 0 Å². The highest BCUT2D eigenvalue weighted by molar-refractivity contribution is 6.69. The maximum Gasteiger partial charge on any atom is 0.183 e. The smallest absolute Gasteiger partial charge is 0.183 e. The molecular weight excluding hydrogens is 300 g/mol. The quantitative estimate of drug-likeness (QED) is 0.320. The summed E-state index contributed by atoms with van der Waals surface area (Å²) in [5.41, 5.74) is 0. The molecular formula is C16H36O5Si.